The Morgan fingerprint density at radius 1 is 1.11 bits per heavy atom. The van der Waals surface area contributed by atoms with Crippen molar-refractivity contribution in [3.63, 3.8) is 0 Å². The van der Waals surface area contributed by atoms with Crippen LogP contribution in [0.25, 0.3) is 22.2 Å². The molecule has 1 amide bonds. The predicted molar refractivity (Wildman–Crippen MR) is 110 cm³/mol. The number of methoxy groups -OCH3 is 1. The minimum atomic E-state index is -0.0403. The van der Waals surface area contributed by atoms with Gasteiger partial charge in [0, 0.05) is 17.5 Å². The molecule has 3 aromatic rings. The second-order valence-corrected chi connectivity index (χ2v) is 7.14. The number of nitrogens with zero attached hydrogens (tertiary/aromatic N) is 1. The Kier molecular flexibility index (Phi) is 5.75. The van der Waals surface area contributed by atoms with E-state index in [4.69, 9.17) is 9.72 Å². The number of hydrogen-bond acceptors (Lipinski definition) is 3. The van der Waals surface area contributed by atoms with Gasteiger partial charge in [-0.1, -0.05) is 32.0 Å². The zero-order valence-corrected chi connectivity index (χ0v) is 16.4. The fourth-order valence-corrected chi connectivity index (χ4v) is 3.19. The lowest BCUT2D eigenvalue weighted by Gasteiger charge is -2.15. The quantitative estimate of drug-likeness (QED) is 0.672. The fraction of sp³-hybridized carbons (Fsp3) is 0.304. The van der Waals surface area contributed by atoms with Gasteiger partial charge in [-0.05, 0) is 55.2 Å². The molecule has 4 nitrogen and oxygen atoms in total. The van der Waals surface area contributed by atoms with Crippen molar-refractivity contribution >= 4 is 16.8 Å². The molecule has 27 heavy (non-hydrogen) atoms. The summed E-state index contributed by atoms with van der Waals surface area (Å²) in [5.74, 6) is 1.31. The lowest BCUT2D eigenvalue weighted by molar-refractivity contribution is 0.0953. The molecule has 0 spiro atoms. The number of rotatable bonds is 6. The molecule has 0 bridgehead atoms. The van der Waals surface area contributed by atoms with Gasteiger partial charge in [0.25, 0.3) is 5.91 Å². The van der Waals surface area contributed by atoms with Gasteiger partial charge in [-0.25, -0.2) is 4.98 Å². The molecule has 0 aliphatic rings. The molecule has 0 fully saturated rings. The number of carbonyl (C=O) groups is 1. The molecule has 3 rings (SSSR count). The number of ether oxygens (including phenoxy) is 1. The van der Waals surface area contributed by atoms with Crippen LogP contribution >= 0.6 is 0 Å². The number of amides is 1. The molecule has 1 N–H and O–H groups in total. The van der Waals surface area contributed by atoms with Gasteiger partial charge in [-0.3, -0.25) is 4.79 Å². The summed E-state index contributed by atoms with van der Waals surface area (Å²) in [7, 11) is 1.65. The minimum Gasteiger partial charge on any atom is -0.497 e. The number of aromatic nitrogens is 1. The summed E-state index contributed by atoms with van der Waals surface area (Å²) in [4.78, 5) is 17.8. The minimum absolute atomic E-state index is 0.0403. The predicted octanol–water partition coefficient (Wildman–Crippen LogP) is 4.99. The first-order valence-electron chi connectivity index (χ1n) is 9.33. The maximum absolute atomic E-state index is 13.0. The molecule has 0 aliphatic heterocycles. The number of hydrogen-bond donors (Lipinski definition) is 1. The summed E-state index contributed by atoms with van der Waals surface area (Å²) in [6.45, 7) is 6.95. The third-order valence-corrected chi connectivity index (χ3v) is 4.73. The van der Waals surface area contributed by atoms with Crippen LogP contribution in [0, 0.1) is 12.8 Å². The van der Waals surface area contributed by atoms with Crippen LogP contribution in [0.3, 0.4) is 0 Å². The van der Waals surface area contributed by atoms with Crippen molar-refractivity contribution in [2.45, 2.75) is 27.2 Å². The van der Waals surface area contributed by atoms with Gasteiger partial charge in [0.05, 0.1) is 23.9 Å². The lowest BCUT2D eigenvalue weighted by atomic mass is 9.97. The molecule has 0 unspecified atom stereocenters. The van der Waals surface area contributed by atoms with Crippen LogP contribution in [-0.2, 0) is 0 Å². The lowest BCUT2D eigenvalue weighted by Crippen LogP contribution is -2.26. The number of para-hydroxylation sites is 1. The van der Waals surface area contributed by atoms with E-state index in [9.17, 15) is 4.79 Å². The SMILES string of the molecule is COc1ccc(-c2nc3ccccc3c(C(=O)NCCC(C)C)c2C)cc1. The normalized spacial score (nSPS) is 11.0. The van der Waals surface area contributed by atoms with Gasteiger partial charge in [-0.2, -0.15) is 0 Å². The second kappa shape index (κ2) is 8.21. The van der Waals surface area contributed by atoms with E-state index < -0.39 is 0 Å². The number of carbonyl (C=O) groups excluding carboxylic acids is 1. The molecule has 0 aliphatic carbocycles. The Labute approximate surface area is 160 Å². The van der Waals surface area contributed by atoms with Gasteiger partial charge >= 0.3 is 0 Å². The van der Waals surface area contributed by atoms with Crippen molar-refractivity contribution in [3.05, 3.63) is 59.7 Å². The molecule has 2 aromatic carbocycles. The van der Waals surface area contributed by atoms with Gasteiger partial charge in [-0.15, -0.1) is 0 Å². The Hall–Kier alpha value is -2.88. The molecule has 0 radical (unpaired) electrons. The highest BCUT2D eigenvalue weighted by molar-refractivity contribution is 6.08. The van der Waals surface area contributed by atoms with E-state index in [1.807, 2.05) is 55.5 Å². The zero-order chi connectivity index (χ0) is 19.4. The van der Waals surface area contributed by atoms with E-state index in [1.165, 1.54) is 0 Å². The third kappa shape index (κ3) is 4.11. The summed E-state index contributed by atoms with van der Waals surface area (Å²) >= 11 is 0. The summed E-state index contributed by atoms with van der Waals surface area (Å²) in [5.41, 5.74) is 4.21. The highest BCUT2D eigenvalue weighted by atomic mass is 16.5. The van der Waals surface area contributed by atoms with E-state index in [0.717, 1.165) is 39.9 Å². The maximum atomic E-state index is 13.0. The Morgan fingerprint density at radius 2 is 1.81 bits per heavy atom. The molecule has 1 aromatic heterocycles. The smallest absolute Gasteiger partial charge is 0.252 e. The molecule has 4 heteroatoms. The molecular formula is C23H26N2O2. The van der Waals surface area contributed by atoms with Crippen LogP contribution in [0.1, 0.15) is 36.2 Å². The van der Waals surface area contributed by atoms with E-state index in [1.54, 1.807) is 7.11 Å². The third-order valence-electron chi connectivity index (χ3n) is 4.73. The van der Waals surface area contributed by atoms with Gasteiger partial charge in [0.1, 0.15) is 5.75 Å². The number of pyridine rings is 1. The zero-order valence-electron chi connectivity index (χ0n) is 16.4. The molecule has 0 atom stereocenters. The first-order valence-corrected chi connectivity index (χ1v) is 9.33. The maximum Gasteiger partial charge on any atom is 0.252 e. The van der Waals surface area contributed by atoms with Crippen molar-refractivity contribution in [3.8, 4) is 17.0 Å². The second-order valence-electron chi connectivity index (χ2n) is 7.14. The van der Waals surface area contributed by atoms with Crippen LogP contribution < -0.4 is 10.1 Å². The van der Waals surface area contributed by atoms with Crippen LogP contribution in [-0.4, -0.2) is 24.5 Å². The highest BCUT2D eigenvalue weighted by Gasteiger charge is 2.18. The Bertz CT molecular complexity index is 946. The monoisotopic (exact) mass is 362 g/mol. The molecule has 0 saturated heterocycles. The molecule has 1 heterocycles. The summed E-state index contributed by atoms with van der Waals surface area (Å²) in [6, 6.07) is 15.6. The van der Waals surface area contributed by atoms with Gasteiger partial charge in [0.15, 0.2) is 0 Å². The first kappa shape index (κ1) is 18.9. The highest BCUT2D eigenvalue weighted by Crippen LogP contribution is 2.30. The molecule has 140 valence electrons. The number of fused-ring (bicyclic) bond motifs is 1. The summed E-state index contributed by atoms with van der Waals surface area (Å²) in [5, 5.41) is 3.96. The van der Waals surface area contributed by atoms with E-state index >= 15 is 0 Å². The van der Waals surface area contributed by atoms with Crippen molar-refractivity contribution in [2.24, 2.45) is 5.92 Å². The molecular weight excluding hydrogens is 336 g/mol. The molecule has 0 saturated carbocycles. The van der Waals surface area contributed by atoms with Gasteiger partial charge < -0.3 is 10.1 Å². The van der Waals surface area contributed by atoms with E-state index in [2.05, 4.69) is 19.2 Å². The average Bonchev–Trinajstić information content (AvgIpc) is 2.67. The van der Waals surface area contributed by atoms with Crippen LogP contribution in [0.15, 0.2) is 48.5 Å². The van der Waals surface area contributed by atoms with Crippen LogP contribution in [0.4, 0.5) is 0 Å². The fourth-order valence-electron chi connectivity index (χ4n) is 3.19. The Morgan fingerprint density at radius 3 is 2.48 bits per heavy atom. The Balaban J connectivity index is 2.08. The van der Waals surface area contributed by atoms with Crippen LogP contribution in [0.5, 0.6) is 5.75 Å². The van der Waals surface area contributed by atoms with Crippen molar-refractivity contribution < 1.29 is 9.53 Å². The van der Waals surface area contributed by atoms with Crippen molar-refractivity contribution in [2.75, 3.05) is 13.7 Å². The largest absolute Gasteiger partial charge is 0.497 e. The summed E-state index contributed by atoms with van der Waals surface area (Å²) < 4.78 is 5.25. The van der Waals surface area contributed by atoms with Gasteiger partial charge in [0.2, 0.25) is 0 Å². The van der Waals surface area contributed by atoms with Crippen molar-refractivity contribution in [1.29, 1.82) is 0 Å². The topological polar surface area (TPSA) is 51.2 Å². The van der Waals surface area contributed by atoms with Crippen LogP contribution in [0.2, 0.25) is 0 Å². The number of nitrogens with one attached hydrogen (secondary N) is 1. The van der Waals surface area contributed by atoms with E-state index in [-0.39, 0.29) is 5.91 Å². The summed E-state index contributed by atoms with van der Waals surface area (Å²) in [6.07, 6.45) is 0.957. The first-order chi connectivity index (χ1) is 13.0. The average molecular weight is 362 g/mol. The number of benzene rings is 2. The van der Waals surface area contributed by atoms with E-state index in [0.29, 0.717) is 18.0 Å². The van der Waals surface area contributed by atoms with Crippen molar-refractivity contribution in [1.82, 2.24) is 10.3 Å². The standard InChI is InChI=1S/C23H26N2O2/c1-15(2)13-14-24-23(26)21-16(3)22(17-9-11-18(27-4)12-10-17)25-20-8-6-5-7-19(20)21/h5-12,15H,13-14H2,1-4H3,(H,24,26).